The fourth-order valence-electron chi connectivity index (χ4n) is 2.07. The average Bonchev–Trinajstić information content (AvgIpc) is 2.56. The second kappa shape index (κ2) is 3.67. The fraction of sp³-hybridized carbons (Fsp3) is 0.308. The van der Waals surface area contributed by atoms with Gasteiger partial charge in [0.05, 0.1) is 0 Å². The SMILES string of the molecule is Cc1c(C(=O)O)[nH]c2c(C(C)C)cccc12. The van der Waals surface area contributed by atoms with E-state index >= 15 is 0 Å². The van der Waals surface area contributed by atoms with Crippen LogP contribution in [0.2, 0.25) is 0 Å². The van der Waals surface area contributed by atoms with E-state index in [-0.39, 0.29) is 0 Å². The molecule has 1 aromatic carbocycles. The molecule has 0 saturated carbocycles. The highest BCUT2D eigenvalue weighted by Gasteiger charge is 2.16. The highest BCUT2D eigenvalue weighted by Crippen LogP contribution is 2.28. The van der Waals surface area contributed by atoms with Gasteiger partial charge in [-0.25, -0.2) is 4.79 Å². The summed E-state index contributed by atoms with van der Waals surface area (Å²) in [5.74, 6) is -0.521. The van der Waals surface area contributed by atoms with Gasteiger partial charge in [-0.2, -0.15) is 0 Å². The summed E-state index contributed by atoms with van der Waals surface area (Å²) in [5.41, 5.74) is 3.22. The Bertz CT molecular complexity index is 552. The summed E-state index contributed by atoms with van der Waals surface area (Å²) < 4.78 is 0. The predicted molar refractivity (Wildman–Crippen MR) is 64.1 cm³/mol. The number of hydrogen-bond donors (Lipinski definition) is 2. The Hall–Kier alpha value is -1.77. The molecule has 0 atom stereocenters. The van der Waals surface area contributed by atoms with Gasteiger partial charge in [0.15, 0.2) is 0 Å². The predicted octanol–water partition coefficient (Wildman–Crippen LogP) is 3.30. The van der Waals surface area contributed by atoms with Gasteiger partial charge in [-0.15, -0.1) is 0 Å². The molecule has 1 heterocycles. The largest absolute Gasteiger partial charge is 0.477 e. The van der Waals surface area contributed by atoms with Gasteiger partial charge in [-0.3, -0.25) is 0 Å². The Morgan fingerprint density at radius 2 is 2.06 bits per heavy atom. The van der Waals surface area contributed by atoms with Crippen molar-refractivity contribution in [1.29, 1.82) is 0 Å². The maximum atomic E-state index is 11.0. The number of carboxylic acids is 1. The van der Waals surface area contributed by atoms with Crippen LogP contribution in [0, 0.1) is 6.92 Å². The number of H-pyrrole nitrogens is 1. The minimum Gasteiger partial charge on any atom is -0.477 e. The number of aromatic nitrogens is 1. The van der Waals surface area contributed by atoms with Crippen LogP contribution < -0.4 is 0 Å². The standard InChI is InChI=1S/C13H15NO2/c1-7(2)9-5-4-6-10-8(3)11(13(15)16)14-12(9)10/h4-7,14H,1-3H3,(H,15,16). The van der Waals surface area contributed by atoms with Gasteiger partial charge in [-0.05, 0) is 24.0 Å². The first-order valence-corrected chi connectivity index (χ1v) is 5.37. The first-order chi connectivity index (χ1) is 7.52. The van der Waals surface area contributed by atoms with Crippen molar-refractivity contribution in [2.24, 2.45) is 0 Å². The monoisotopic (exact) mass is 217 g/mol. The van der Waals surface area contributed by atoms with E-state index in [1.807, 2.05) is 25.1 Å². The maximum Gasteiger partial charge on any atom is 0.352 e. The molecular weight excluding hydrogens is 202 g/mol. The summed E-state index contributed by atoms with van der Waals surface area (Å²) in [5, 5.41) is 10.1. The van der Waals surface area contributed by atoms with Crippen LogP contribution >= 0.6 is 0 Å². The van der Waals surface area contributed by atoms with Crippen molar-refractivity contribution in [3.05, 3.63) is 35.0 Å². The van der Waals surface area contributed by atoms with Crippen LogP contribution in [-0.4, -0.2) is 16.1 Å². The Morgan fingerprint density at radius 1 is 1.38 bits per heavy atom. The molecule has 0 fully saturated rings. The third-order valence-electron chi connectivity index (χ3n) is 2.96. The van der Waals surface area contributed by atoms with E-state index in [9.17, 15) is 4.79 Å². The number of aromatic amines is 1. The van der Waals surface area contributed by atoms with Crippen LogP contribution in [0.5, 0.6) is 0 Å². The number of carbonyl (C=O) groups is 1. The molecule has 0 spiro atoms. The number of benzene rings is 1. The zero-order chi connectivity index (χ0) is 11.9. The molecule has 2 N–H and O–H groups in total. The van der Waals surface area contributed by atoms with Crippen molar-refractivity contribution in [2.45, 2.75) is 26.7 Å². The maximum absolute atomic E-state index is 11.0. The van der Waals surface area contributed by atoms with E-state index in [0.29, 0.717) is 11.6 Å². The number of nitrogens with one attached hydrogen (secondary N) is 1. The lowest BCUT2D eigenvalue weighted by molar-refractivity contribution is 0.0691. The lowest BCUT2D eigenvalue weighted by atomic mass is 10.00. The van der Waals surface area contributed by atoms with Crippen molar-refractivity contribution in [1.82, 2.24) is 4.98 Å². The number of carboxylic acid groups (broad SMARTS) is 1. The van der Waals surface area contributed by atoms with E-state index in [4.69, 9.17) is 5.11 Å². The van der Waals surface area contributed by atoms with Crippen LogP contribution in [0.3, 0.4) is 0 Å². The van der Waals surface area contributed by atoms with Crippen LogP contribution in [0.15, 0.2) is 18.2 Å². The minimum atomic E-state index is -0.900. The van der Waals surface area contributed by atoms with Crippen molar-refractivity contribution >= 4 is 16.9 Å². The van der Waals surface area contributed by atoms with Crippen LogP contribution in [0.4, 0.5) is 0 Å². The lowest BCUT2D eigenvalue weighted by Gasteiger charge is -2.06. The van der Waals surface area contributed by atoms with Crippen molar-refractivity contribution in [2.75, 3.05) is 0 Å². The van der Waals surface area contributed by atoms with E-state index in [2.05, 4.69) is 18.8 Å². The summed E-state index contributed by atoms with van der Waals surface area (Å²) in [4.78, 5) is 14.1. The summed E-state index contributed by atoms with van der Waals surface area (Å²) in [6.07, 6.45) is 0. The summed E-state index contributed by atoms with van der Waals surface area (Å²) in [6.45, 7) is 6.04. The molecule has 0 bridgehead atoms. The molecular formula is C13H15NO2. The van der Waals surface area contributed by atoms with Crippen LogP contribution in [-0.2, 0) is 0 Å². The van der Waals surface area contributed by atoms with Crippen molar-refractivity contribution in [3.63, 3.8) is 0 Å². The summed E-state index contributed by atoms with van der Waals surface area (Å²) in [7, 11) is 0. The highest BCUT2D eigenvalue weighted by atomic mass is 16.4. The molecule has 0 unspecified atom stereocenters. The molecule has 16 heavy (non-hydrogen) atoms. The number of para-hydroxylation sites is 1. The average molecular weight is 217 g/mol. The molecule has 0 saturated heterocycles. The third kappa shape index (κ3) is 1.48. The normalized spacial score (nSPS) is 11.2. The zero-order valence-corrected chi connectivity index (χ0v) is 9.66. The first kappa shape index (κ1) is 10.7. The Balaban J connectivity index is 2.80. The molecule has 2 rings (SSSR count). The van der Waals surface area contributed by atoms with Crippen LogP contribution in [0.1, 0.15) is 41.4 Å². The molecule has 0 amide bonds. The van der Waals surface area contributed by atoms with E-state index in [0.717, 1.165) is 22.0 Å². The van der Waals surface area contributed by atoms with E-state index in [1.165, 1.54) is 0 Å². The van der Waals surface area contributed by atoms with E-state index < -0.39 is 5.97 Å². The Morgan fingerprint density at radius 3 is 2.62 bits per heavy atom. The molecule has 2 aromatic rings. The minimum absolute atomic E-state index is 0.295. The van der Waals surface area contributed by atoms with Crippen LogP contribution in [0.25, 0.3) is 10.9 Å². The Labute approximate surface area is 94.1 Å². The fourth-order valence-corrected chi connectivity index (χ4v) is 2.07. The number of fused-ring (bicyclic) bond motifs is 1. The molecule has 0 aliphatic rings. The molecule has 84 valence electrons. The quantitative estimate of drug-likeness (QED) is 0.810. The highest BCUT2D eigenvalue weighted by molar-refractivity contribution is 5.98. The molecule has 3 nitrogen and oxygen atoms in total. The zero-order valence-electron chi connectivity index (χ0n) is 9.66. The number of aromatic carboxylic acids is 1. The third-order valence-corrected chi connectivity index (χ3v) is 2.96. The number of aryl methyl sites for hydroxylation is 1. The number of hydrogen-bond acceptors (Lipinski definition) is 1. The van der Waals surface area contributed by atoms with Gasteiger partial charge in [0.2, 0.25) is 0 Å². The summed E-state index contributed by atoms with van der Waals surface area (Å²) >= 11 is 0. The lowest BCUT2D eigenvalue weighted by Crippen LogP contribution is -1.98. The molecule has 0 aliphatic heterocycles. The summed E-state index contributed by atoms with van der Waals surface area (Å²) in [6, 6.07) is 5.97. The topological polar surface area (TPSA) is 53.1 Å². The van der Waals surface area contributed by atoms with Gasteiger partial charge in [-0.1, -0.05) is 32.0 Å². The van der Waals surface area contributed by atoms with Crippen molar-refractivity contribution < 1.29 is 9.90 Å². The second-order valence-corrected chi connectivity index (χ2v) is 4.35. The number of rotatable bonds is 2. The Kier molecular flexibility index (Phi) is 2.46. The second-order valence-electron chi connectivity index (χ2n) is 4.35. The smallest absolute Gasteiger partial charge is 0.352 e. The first-order valence-electron chi connectivity index (χ1n) is 5.37. The van der Waals surface area contributed by atoms with Crippen molar-refractivity contribution in [3.8, 4) is 0 Å². The van der Waals surface area contributed by atoms with Gasteiger partial charge >= 0.3 is 5.97 Å². The molecule has 1 aromatic heterocycles. The van der Waals surface area contributed by atoms with E-state index in [1.54, 1.807) is 0 Å². The molecule has 0 radical (unpaired) electrons. The van der Waals surface area contributed by atoms with Gasteiger partial charge < -0.3 is 10.1 Å². The molecule has 0 aliphatic carbocycles. The van der Waals surface area contributed by atoms with Gasteiger partial charge in [0, 0.05) is 10.9 Å². The van der Waals surface area contributed by atoms with Gasteiger partial charge in [0.1, 0.15) is 5.69 Å². The van der Waals surface area contributed by atoms with Gasteiger partial charge in [0.25, 0.3) is 0 Å². The molecule has 3 heteroatoms.